The number of hydrogen-bond acceptors (Lipinski definition) is 7. The van der Waals surface area contributed by atoms with Crippen molar-refractivity contribution in [1.82, 2.24) is 5.32 Å². The fourth-order valence-corrected chi connectivity index (χ4v) is 1.62. The van der Waals surface area contributed by atoms with Gasteiger partial charge in [-0.15, -0.1) is 0 Å². The molecule has 0 saturated heterocycles. The number of nitrogens with one attached hydrogen (secondary N) is 1. The normalized spacial score (nSPS) is 12.1. The number of benzene rings is 1. The number of nitrogens with zero attached hydrogens (tertiary/aromatic N) is 2. The van der Waals surface area contributed by atoms with Crippen LogP contribution in [0.4, 0.5) is 18.0 Å². The average molecular weight is 387 g/mol. The molecule has 2 amide bonds. The highest BCUT2D eigenvalue weighted by Crippen LogP contribution is 2.31. The van der Waals surface area contributed by atoms with Gasteiger partial charge in [0.1, 0.15) is 12.4 Å². The molecule has 1 N–H and O–H groups in total. The molecule has 8 nitrogen and oxygen atoms in total. The van der Waals surface area contributed by atoms with Crippen LogP contribution in [-0.4, -0.2) is 38.0 Å². The number of rotatable bonds is 8. The van der Waals surface area contributed by atoms with Gasteiger partial charge in [0.05, 0.1) is 24.5 Å². The van der Waals surface area contributed by atoms with E-state index >= 15 is 0 Å². The lowest BCUT2D eigenvalue weighted by Crippen LogP contribution is -2.36. The molecule has 0 spiro atoms. The van der Waals surface area contributed by atoms with Crippen molar-refractivity contribution in [3.05, 3.63) is 29.8 Å². The quantitative estimate of drug-likeness (QED) is 0.417. The minimum atomic E-state index is -4.48. The summed E-state index contributed by atoms with van der Waals surface area (Å²) in [5.41, 5.74) is -0.844. The highest BCUT2D eigenvalue weighted by Gasteiger charge is 2.30. The van der Waals surface area contributed by atoms with E-state index < -0.39 is 29.7 Å². The Labute approximate surface area is 152 Å². The third-order valence-corrected chi connectivity index (χ3v) is 2.81. The van der Waals surface area contributed by atoms with Gasteiger partial charge in [0, 0.05) is 0 Å². The van der Waals surface area contributed by atoms with Crippen molar-refractivity contribution in [1.29, 1.82) is 5.26 Å². The van der Waals surface area contributed by atoms with Gasteiger partial charge in [0.15, 0.2) is 12.5 Å². The maximum atomic E-state index is 12.6. The summed E-state index contributed by atoms with van der Waals surface area (Å²) in [4.78, 5) is 27.4. The number of halogens is 3. The van der Waals surface area contributed by atoms with Crippen LogP contribution in [-0.2, 0) is 20.5 Å². The van der Waals surface area contributed by atoms with Gasteiger partial charge >= 0.3 is 12.3 Å². The Morgan fingerprint density at radius 3 is 2.74 bits per heavy atom. The van der Waals surface area contributed by atoms with E-state index in [0.717, 1.165) is 18.3 Å². The van der Waals surface area contributed by atoms with E-state index in [1.165, 1.54) is 12.1 Å². The van der Waals surface area contributed by atoms with Crippen molar-refractivity contribution in [2.75, 3.05) is 19.8 Å². The summed E-state index contributed by atoms with van der Waals surface area (Å²) >= 11 is 0. The molecule has 0 fully saturated rings. The van der Waals surface area contributed by atoms with E-state index in [1.807, 2.05) is 5.32 Å². The molecule has 27 heavy (non-hydrogen) atoms. The van der Waals surface area contributed by atoms with Crippen molar-refractivity contribution in [3.63, 3.8) is 0 Å². The number of alkyl halides is 3. The van der Waals surface area contributed by atoms with Crippen LogP contribution in [0.1, 0.15) is 12.5 Å². The third kappa shape index (κ3) is 8.08. The molecule has 11 heteroatoms. The molecule has 0 unspecified atom stereocenters. The van der Waals surface area contributed by atoms with Crippen LogP contribution in [0, 0.1) is 17.2 Å². The zero-order chi connectivity index (χ0) is 20.3. The van der Waals surface area contributed by atoms with Crippen LogP contribution in [0.3, 0.4) is 0 Å². The van der Waals surface area contributed by atoms with Crippen LogP contribution in [0.2, 0.25) is 0 Å². The van der Waals surface area contributed by atoms with Crippen molar-refractivity contribution in [2.45, 2.75) is 13.1 Å². The van der Waals surface area contributed by atoms with Crippen molar-refractivity contribution < 1.29 is 37.1 Å². The summed E-state index contributed by atoms with van der Waals surface area (Å²) < 4.78 is 47.3. The Kier molecular flexibility index (Phi) is 8.58. The monoisotopic (exact) mass is 387 g/mol. The SMILES string of the molecule is CCOC(=O)NC(=O)[C@H](C#N)/C=N/OCCOc1cccc(C(F)(F)F)c1. The lowest BCUT2D eigenvalue weighted by atomic mass is 10.2. The molecule has 0 aliphatic rings. The predicted molar refractivity (Wildman–Crippen MR) is 85.7 cm³/mol. The summed E-state index contributed by atoms with van der Waals surface area (Å²) in [7, 11) is 0. The second kappa shape index (κ2) is 10.6. The Balaban J connectivity index is 2.39. The van der Waals surface area contributed by atoms with Crippen LogP contribution in [0.15, 0.2) is 29.4 Å². The van der Waals surface area contributed by atoms with Gasteiger partial charge in [-0.3, -0.25) is 10.1 Å². The number of carbonyl (C=O) groups is 2. The lowest BCUT2D eigenvalue weighted by molar-refractivity contribution is -0.137. The smallest absolute Gasteiger partial charge is 0.416 e. The number of hydrogen-bond donors (Lipinski definition) is 1. The number of nitriles is 1. The summed E-state index contributed by atoms with van der Waals surface area (Å²) in [6.07, 6.45) is -4.61. The van der Waals surface area contributed by atoms with Crippen LogP contribution in [0.25, 0.3) is 0 Å². The maximum absolute atomic E-state index is 12.6. The van der Waals surface area contributed by atoms with E-state index in [-0.39, 0.29) is 25.6 Å². The van der Waals surface area contributed by atoms with E-state index in [4.69, 9.17) is 14.8 Å². The number of imide groups is 1. The Bertz CT molecular complexity index is 716. The standard InChI is InChI=1S/C16H16F3N3O5/c1-2-25-15(24)22-14(23)11(9-20)10-21-27-7-6-26-13-5-3-4-12(8-13)16(17,18)19/h3-5,8,10-11H,2,6-7H2,1H3,(H,22,23,24)/b21-10+/t11-/m1/s1. The molecular weight excluding hydrogens is 371 g/mol. The van der Waals surface area contributed by atoms with Crippen LogP contribution >= 0.6 is 0 Å². The largest absolute Gasteiger partial charge is 0.490 e. The van der Waals surface area contributed by atoms with Crippen molar-refractivity contribution >= 4 is 18.2 Å². The first-order chi connectivity index (χ1) is 12.8. The van der Waals surface area contributed by atoms with Crippen molar-refractivity contribution in [3.8, 4) is 11.8 Å². The second-order valence-electron chi connectivity index (χ2n) is 4.78. The second-order valence-corrected chi connectivity index (χ2v) is 4.78. The third-order valence-electron chi connectivity index (χ3n) is 2.81. The van der Waals surface area contributed by atoms with Gasteiger partial charge < -0.3 is 14.3 Å². The molecule has 0 heterocycles. The summed E-state index contributed by atoms with van der Waals surface area (Å²) in [5.74, 6) is -2.33. The fraction of sp³-hybridized carbons (Fsp3) is 0.375. The molecule has 1 atom stereocenters. The molecule has 1 rings (SSSR count). The van der Waals surface area contributed by atoms with Gasteiger partial charge in [0.25, 0.3) is 5.91 Å². The van der Waals surface area contributed by atoms with Gasteiger partial charge in [-0.25, -0.2) is 4.79 Å². The molecule has 0 aromatic heterocycles. The Morgan fingerprint density at radius 2 is 2.11 bits per heavy atom. The molecular formula is C16H16F3N3O5. The molecule has 0 aliphatic heterocycles. The minimum absolute atomic E-state index is 0.00104. The average Bonchev–Trinajstić information content (AvgIpc) is 2.60. The van der Waals surface area contributed by atoms with E-state index in [9.17, 15) is 22.8 Å². The lowest BCUT2D eigenvalue weighted by Gasteiger charge is -2.09. The first-order valence-electron chi connectivity index (χ1n) is 7.60. The van der Waals surface area contributed by atoms with Crippen LogP contribution in [0.5, 0.6) is 5.75 Å². The van der Waals surface area contributed by atoms with Crippen molar-refractivity contribution in [2.24, 2.45) is 11.1 Å². The molecule has 0 saturated carbocycles. The van der Waals surface area contributed by atoms with Gasteiger partial charge in [0.2, 0.25) is 0 Å². The highest BCUT2D eigenvalue weighted by atomic mass is 19.4. The zero-order valence-electron chi connectivity index (χ0n) is 14.2. The zero-order valence-corrected chi connectivity index (χ0v) is 14.2. The topological polar surface area (TPSA) is 110 Å². The first kappa shape index (κ1) is 21.8. The minimum Gasteiger partial charge on any atom is -0.490 e. The van der Waals surface area contributed by atoms with Gasteiger partial charge in [-0.1, -0.05) is 11.2 Å². The van der Waals surface area contributed by atoms with E-state index in [2.05, 4.69) is 9.89 Å². The fourth-order valence-electron chi connectivity index (χ4n) is 1.62. The summed E-state index contributed by atoms with van der Waals surface area (Å²) in [6, 6.07) is 5.91. The molecule has 0 radical (unpaired) electrons. The number of amides is 2. The highest BCUT2D eigenvalue weighted by molar-refractivity contribution is 6.02. The number of alkyl carbamates (subject to hydrolysis) is 1. The number of oxime groups is 1. The first-order valence-corrected chi connectivity index (χ1v) is 7.60. The maximum Gasteiger partial charge on any atom is 0.416 e. The molecule has 0 bridgehead atoms. The Morgan fingerprint density at radius 1 is 1.37 bits per heavy atom. The van der Waals surface area contributed by atoms with Gasteiger partial charge in [-0.2, -0.15) is 18.4 Å². The summed E-state index contributed by atoms with van der Waals surface area (Å²) in [5, 5.41) is 14.1. The van der Waals surface area contributed by atoms with E-state index in [0.29, 0.717) is 0 Å². The molecule has 1 aromatic carbocycles. The Hall–Kier alpha value is -3.29. The molecule has 146 valence electrons. The van der Waals surface area contributed by atoms with Gasteiger partial charge in [-0.05, 0) is 25.1 Å². The number of carbonyl (C=O) groups excluding carboxylic acids is 2. The molecule has 0 aliphatic carbocycles. The summed E-state index contributed by atoms with van der Waals surface area (Å²) in [6.45, 7) is 1.33. The van der Waals surface area contributed by atoms with Crippen LogP contribution < -0.4 is 10.1 Å². The molecule has 1 aromatic rings. The predicted octanol–water partition coefficient (Wildman–Crippen LogP) is 2.50. The van der Waals surface area contributed by atoms with E-state index in [1.54, 1.807) is 13.0 Å². The number of ether oxygens (including phenoxy) is 2.